The van der Waals surface area contributed by atoms with Crippen molar-refractivity contribution in [3.8, 4) is 0 Å². The van der Waals surface area contributed by atoms with Gasteiger partial charge in [-0.3, -0.25) is 0 Å². The first kappa shape index (κ1) is 9.01. The maximum Gasteiger partial charge on any atom is 0.108 e. The summed E-state index contributed by atoms with van der Waals surface area (Å²) in [6.45, 7) is 3.51. The summed E-state index contributed by atoms with van der Waals surface area (Å²) in [5.74, 6) is 0.169. The van der Waals surface area contributed by atoms with E-state index in [2.05, 4.69) is 0 Å². The number of rotatable bonds is 3. The van der Waals surface area contributed by atoms with Crippen LogP contribution in [0.15, 0.2) is 0 Å². The molecule has 0 aliphatic rings. The lowest BCUT2D eigenvalue weighted by atomic mass is 10.1. The average molecular weight is 148 g/mol. The molecule has 0 aliphatic heterocycles. The molecular formula is C6H12O2S. The van der Waals surface area contributed by atoms with Gasteiger partial charge < -0.3 is 10.2 Å². The first-order valence-corrected chi connectivity index (χ1v) is 3.33. The van der Waals surface area contributed by atoms with Gasteiger partial charge >= 0.3 is 0 Å². The Labute approximate surface area is 60.5 Å². The zero-order valence-electron chi connectivity index (χ0n) is 5.66. The van der Waals surface area contributed by atoms with Gasteiger partial charge in [0.15, 0.2) is 0 Å². The smallest absolute Gasteiger partial charge is 0.108 e. The van der Waals surface area contributed by atoms with Crippen molar-refractivity contribution in [3.05, 3.63) is 0 Å². The molecule has 0 saturated heterocycles. The van der Waals surface area contributed by atoms with Crippen molar-refractivity contribution in [1.29, 1.82) is 0 Å². The minimum Gasteiger partial charge on any atom is -0.393 e. The van der Waals surface area contributed by atoms with Gasteiger partial charge in [0.1, 0.15) is 6.10 Å². The van der Waals surface area contributed by atoms with Crippen molar-refractivity contribution in [2.24, 2.45) is 5.92 Å². The lowest BCUT2D eigenvalue weighted by molar-refractivity contribution is 0.143. The van der Waals surface area contributed by atoms with Crippen LogP contribution in [0.2, 0.25) is 0 Å². The SMILES string of the molecule is CC(C)C(=S)[C@H](O)CO. The molecule has 54 valence electrons. The molecule has 0 aliphatic carbocycles. The van der Waals surface area contributed by atoms with E-state index in [0.29, 0.717) is 4.86 Å². The Hall–Kier alpha value is 0.0100. The van der Waals surface area contributed by atoms with Gasteiger partial charge in [-0.25, -0.2) is 0 Å². The summed E-state index contributed by atoms with van der Waals surface area (Å²) >= 11 is 4.79. The van der Waals surface area contributed by atoms with Gasteiger partial charge in [0.05, 0.1) is 6.61 Å². The second-order valence-corrected chi connectivity index (χ2v) is 2.73. The van der Waals surface area contributed by atoms with E-state index in [-0.39, 0.29) is 12.5 Å². The molecule has 9 heavy (non-hydrogen) atoms. The van der Waals surface area contributed by atoms with Gasteiger partial charge in [-0.05, 0) is 5.92 Å². The van der Waals surface area contributed by atoms with Crippen LogP contribution >= 0.6 is 12.2 Å². The van der Waals surface area contributed by atoms with Crippen LogP contribution < -0.4 is 0 Å². The molecule has 0 aromatic heterocycles. The van der Waals surface area contributed by atoms with E-state index in [1.54, 1.807) is 0 Å². The molecule has 0 radical (unpaired) electrons. The van der Waals surface area contributed by atoms with Crippen molar-refractivity contribution in [3.63, 3.8) is 0 Å². The zero-order valence-corrected chi connectivity index (χ0v) is 6.48. The molecule has 0 rings (SSSR count). The standard InChI is InChI=1S/C6H12O2S/c1-4(2)6(9)5(8)3-7/h4-5,7-8H,3H2,1-2H3/t5-/m1/s1. The predicted molar refractivity (Wildman–Crippen MR) is 40.5 cm³/mol. The summed E-state index contributed by atoms with van der Waals surface area (Å²) in [5, 5.41) is 17.3. The Bertz CT molecular complexity index is 101. The fourth-order valence-corrected chi connectivity index (χ4v) is 0.549. The molecule has 0 unspecified atom stereocenters. The van der Waals surface area contributed by atoms with E-state index in [1.165, 1.54) is 0 Å². The Morgan fingerprint density at radius 2 is 2.00 bits per heavy atom. The highest BCUT2D eigenvalue weighted by Gasteiger charge is 2.11. The van der Waals surface area contributed by atoms with Crippen molar-refractivity contribution in [2.45, 2.75) is 20.0 Å². The van der Waals surface area contributed by atoms with E-state index < -0.39 is 6.10 Å². The highest BCUT2D eigenvalue weighted by Crippen LogP contribution is 2.01. The highest BCUT2D eigenvalue weighted by atomic mass is 32.1. The van der Waals surface area contributed by atoms with E-state index in [4.69, 9.17) is 22.4 Å². The number of aliphatic hydroxyl groups is 2. The molecule has 0 spiro atoms. The minimum atomic E-state index is -0.819. The summed E-state index contributed by atoms with van der Waals surface area (Å²) in [6, 6.07) is 0. The fourth-order valence-electron chi connectivity index (χ4n) is 0.475. The maximum absolute atomic E-state index is 8.91. The van der Waals surface area contributed by atoms with Crippen molar-refractivity contribution in [1.82, 2.24) is 0 Å². The molecule has 0 aromatic carbocycles. The lowest BCUT2D eigenvalue weighted by Crippen LogP contribution is -2.26. The van der Waals surface area contributed by atoms with Gasteiger partial charge in [-0.1, -0.05) is 26.1 Å². The van der Waals surface area contributed by atoms with Crippen LogP contribution in [-0.4, -0.2) is 27.8 Å². The third-order valence-electron chi connectivity index (χ3n) is 1.07. The maximum atomic E-state index is 8.91. The number of thiocarbonyl (C=S) groups is 1. The third-order valence-corrected chi connectivity index (χ3v) is 1.81. The second kappa shape index (κ2) is 3.93. The van der Waals surface area contributed by atoms with Crippen LogP contribution in [0.3, 0.4) is 0 Å². The number of aliphatic hydroxyl groups excluding tert-OH is 2. The van der Waals surface area contributed by atoms with Crippen molar-refractivity contribution < 1.29 is 10.2 Å². The lowest BCUT2D eigenvalue weighted by Gasteiger charge is -2.11. The Kier molecular flexibility index (Phi) is 3.93. The average Bonchev–Trinajstić information content (AvgIpc) is 1.84. The molecule has 0 bridgehead atoms. The number of hydrogen-bond donors (Lipinski definition) is 2. The first-order chi connectivity index (χ1) is 4.09. The Morgan fingerprint density at radius 3 is 2.11 bits per heavy atom. The molecule has 2 nitrogen and oxygen atoms in total. The van der Waals surface area contributed by atoms with E-state index >= 15 is 0 Å². The van der Waals surface area contributed by atoms with Crippen LogP contribution in [-0.2, 0) is 0 Å². The van der Waals surface area contributed by atoms with Gasteiger partial charge in [0.2, 0.25) is 0 Å². The molecule has 1 atom stereocenters. The van der Waals surface area contributed by atoms with Gasteiger partial charge in [0, 0.05) is 4.86 Å². The highest BCUT2D eigenvalue weighted by molar-refractivity contribution is 7.80. The molecular weight excluding hydrogens is 136 g/mol. The minimum absolute atomic E-state index is 0.169. The normalized spacial score (nSPS) is 13.9. The van der Waals surface area contributed by atoms with Crippen LogP contribution in [0.4, 0.5) is 0 Å². The summed E-state index contributed by atoms with van der Waals surface area (Å²) in [7, 11) is 0. The summed E-state index contributed by atoms with van der Waals surface area (Å²) in [5.41, 5.74) is 0. The third kappa shape index (κ3) is 2.89. The van der Waals surface area contributed by atoms with Gasteiger partial charge in [-0.2, -0.15) is 0 Å². The van der Waals surface area contributed by atoms with Crippen LogP contribution in [0.1, 0.15) is 13.8 Å². The molecule has 0 aromatic rings. The van der Waals surface area contributed by atoms with Crippen LogP contribution in [0.25, 0.3) is 0 Å². The molecule has 0 heterocycles. The molecule has 0 fully saturated rings. The quantitative estimate of drug-likeness (QED) is 0.568. The molecule has 0 amide bonds. The van der Waals surface area contributed by atoms with Gasteiger partial charge in [0.25, 0.3) is 0 Å². The van der Waals surface area contributed by atoms with E-state index in [0.717, 1.165) is 0 Å². The van der Waals surface area contributed by atoms with Crippen LogP contribution in [0, 0.1) is 5.92 Å². The molecule has 0 saturated carbocycles. The second-order valence-electron chi connectivity index (χ2n) is 2.26. The van der Waals surface area contributed by atoms with Crippen molar-refractivity contribution >= 4 is 17.1 Å². The molecule has 3 heteroatoms. The van der Waals surface area contributed by atoms with Gasteiger partial charge in [-0.15, -0.1) is 0 Å². The number of hydrogen-bond acceptors (Lipinski definition) is 3. The summed E-state index contributed by atoms with van der Waals surface area (Å²) in [4.78, 5) is 0.525. The fraction of sp³-hybridized carbons (Fsp3) is 0.833. The Balaban J connectivity index is 3.73. The van der Waals surface area contributed by atoms with Crippen LogP contribution in [0.5, 0.6) is 0 Å². The predicted octanol–water partition coefficient (Wildman–Crippen LogP) is 0.365. The van der Waals surface area contributed by atoms with E-state index in [9.17, 15) is 0 Å². The first-order valence-electron chi connectivity index (χ1n) is 2.92. The van der Waals surface area contributed by atoms with Crippen molar-refractivity contribution in [2.75, 3.05) is 6.61 Å². The largest absolute Gasteiger partial charge is 0.393 e. The summed E-state index contributed by atoms with van der Waals surface area (Å²) in [6.07, 6.45) is -0.819. The monoisotopic (exact) mass is 148 g/mol. The zero-order chi connectivity index (χ0) is 7.44. The summed E-state index contributed by atoms with van der Waals surface area (Å²) < 4.78 is 0. The Morgan fingerprint density at radius 1 is 1.56 bits per heavy atom. The molecule has 2 N–H and O–H groups in total. The van der Waals surface area contributed by atoms with E-state index in [1.807, 2.05) is 13.8 Å². The topological polar surface area (TPSA) is 40.5 Å².